The van der Waals surface area contributed by atoms with Crippen LogP contribution < -0.4 is 14.8 Å². The molecule has 0 amide bonds. The highest BCUT2D eigenvalue weighted by Crippen LogP contribution is 2.38. The van der Waals surface area contributed by atoms with Crippen LogP contribution in [-0.2, 0) is 11.2 Å². The highest BCUT2D eigenvalue weighted by Gasteiger charge is 2.27. The highest BCUT2D eigenvalue weighted by molar-refractivity contribution is 5.95. The Labute approximate surface area is 171 Å². The number of ether oxygens (including phenoxy) is 3. The van der Waals surface area contributed by atoms with Crippen molar-refractivity contribution in [3.8, 4) is 11.5 Å². The summed E-state index contributed by atoms with van der Waals surface area (Å²) in [6.45, 7) is 3.43. The summed E-state index contributed by atoms with van der Waals surface area (Å²) >= 11 is 0. The van der Waals surface area contributed by atoms with Gasteiger partial charge in [0.1, 0.15) is 5.82 Å². The van der Waals surface area contributed by atoms with Crippen LogP contribution in [0.3, 0.4) is 0 Å². The minimum Gasteiger partial charge on any atom is -0.493 e. The maximum absolute atomic E-state index is 13.0. The lowest BCUT2D eigenvalue weighted by atomic mass is 9.93. The van der Waals surface area contributed by atoms with E-state index in [0.717, 1.165) is 17.7 Å². The van der Waals surface area contributed by atoms with E-state index in [0.29, 0.717) is 37.3 Å². The normalized spacial score (nSPS) is 16.8. The maximum Gasteiger partial charge on any atom is 0.162 e. The Morgan fingerprint density at radius 2 is 1.90 bits per heavy atom. The smallest absolute Gasteiger partial charge is 0.162 e. The number of carbonyl (C=O) groups excluding carboxylic acids is 1. The molecule has 2 aromatic rings. The molecule has 0 spiro atoms. The second-order valence-corrected chi connectivity index (χ2v) is 7.22. The Morgan fingerprint density at radius 1 is 1.21 bits per heavy atom. The zero-order valence-corrected chi connectivity index (χ0v) is 17.2. The van der Waals surface area contributed by atoms with Gasteiger partial charge in [-0.1, -0.05) is 0 Å². The van der Waals surface area contributed by atoms with E-state index in [1.54, 1.807) is 14.2 Å². The van der Waals surface area contributed by atoms with Crippen molar-refractivity contribution in [3.05, 3.63) is 58.9 Å². The fourth-order valence-corrected chi connectivity index (χ4v) is 3.68. The van der Waals surface area contributed by atoms with Crippen molar-refractivity contribution in [1.29, 1.82) is 0 Å². The molecule has 2 aromatic carbocycles. The standard InChI is InChI=1S/C23H28FNO4/c1-15(25-11-4-5-20(26)16-6-8-18(24)9-7-16)23-19-14-22(28-3)21(27-2)13-17(19)10-12-29-23/h6-9,13-15,23,25H,4-5,10-12H2,1-3H3. The van der Waals surface area contributed by atoms with Gasteiger partial charge >= 0.3 is 0 Å². The van der Waals surface area contributed by atoms with Crippen LogP contribution in [-0.4, -0.2) is 39.2 Å². The Morgan fingerprint density at radius 3 is 2.59 bits per heavy atom. The molecule has 0 saturated heterocycles. The lowest BCUT2D eigenvalue weighted by Gasteiger charge is -2.32. The molecule has 0 aromatic heterocycles. The molecule has 2 unspecified atom stereocenters. The molecular weight excluding hydrogens is 373 g/mol. The topological polar surface area (TPSA) is 56.8 Å². The van der Waals surface area contributed by atoms with Crippen LogP contribution in [0.4, 0.5) is 4.39 Å². The zero-order chi connectivity index (χ0) is 20.8. The zero-order valence-electron chi connectivity index (χ0n) is 17.2. The number of methoxy groups -OCH3 is 2. The summed E-state index contributed by atoms with van der Waals surface area (Å²) in [5.74, 6) is 1.11. The minimum absolute atomic E-state index is 0.0237. The molecule has 0 bridgehead atoms. The molecule has 0 radical (unpaired) electrons. The first-order valence-electron chi connectivity index (χ1n) is 9.92. The van der Waals surface area contributed by atoms with Crippen LogP contribution in [0.2, 0.25) is 0 Å². The minimum atomic E-state index is -0.334. The second-order valence-electron chi connectivity index (χ2n) is 7.22. The predicted octanol–water partition coefficient (Wildman–Crippen LogP) is 4.10. The van der Waals surface area contributed by atoms with Crippen molar-refractivity contribution in [2.45, 2.75) is 38.3 Å². The van der Waals surface area contributed by atoms with Gasteiger partial charge in [0.15, 0.2) is 17.3 Å². The molecule has 156 valence electrons. The average molecular weight is 401 g/mol. The number of rotatable bonds is 9. The fourth-order valence-electron chi connectivity index (χ4n) is 3.68. The summed E-state index contributed by atoms with van der Waals surface area (Å²) in [5, 5.41) is 3.47. The number of benzene rings is 2. The van der Waals surface area contributed by atoms with Crippen LogP contribution in [0.1, 0.15) is 47.4 Å². The van der Waals surface area contributed by atoms with Gasteiger partial charge in [-0.2, -0.15) is 0 Å². The van der Waals surface area contributed by atoms with E-state index < -0.39 is 0 Å². The molecular formula is C23H28FNO4. The predicted molar refractivity (Wildman–Crippen MR) is 109 cm³/mol. The molecule has 1 N–H and O–H groups in total. The first-order chi connectivity index (χ1) is 14.0. The molecule has 1 heterocycles. The second kappa shape index (κ2) is 9.85. The van der Waals surface area contributed by atoms with Crippen LogP contribution in [0.25, 0.3) is 0 Å². The summed E-state index contributed by atoms with van der Waals surface area (Å²) in [7, 11) is 3.27. The van der Waals surface area contributed by atoms with Crippen LogP contribution in [0.15, 0.2) is 36.4 Å². The summed E-state index contributed by atoms with van der Waals surface area (Å²) < 4.78 is 29.9. The number of hydrogen-bond acceptors (Lipinski definition) is 5. The van der Waals surface area contributed by atoms with Crippen molar-refractivity contribution < 1.29 is 23.4 Å². The molecule has 0 aliphatic carbocycles. The maximum atomic E-state index is 13.0. The van der Waals surface area contributed by atoms with E-state index in [4.69, 9.17) is 14.2 Å². The van der Waals surface area contributed by atoms with Gasteiger partial charge in [0.25, 0.3) is 0 Å². The molecule has 3 rings (SSSR count). The van der Waals surface area contributed by atoms with Gasteiger partial charge in [-0.3, -0.25) is 4.79 Å². The van der Waals surface area contributed by atoms with Gasteiger partial charge in [0.05, 0.1) is 26.9 Å². The first-order valence-corrected chi connectivity index (χ1v) is 9.92. The van der Waals surface area contributed by atoms with Gasteiger partial charge in [-0.05, 0) is 73.8 Å². The number of hydrogen-bond donors (Lipinski definition) is 1. The fraction of sp³-hybridized carbons (Fsp3) is 0.435. The van der Waals surface area contributed by atoms with Crippen molar-refractivity contribution in [1.82, 2.24) is 5.32 Å². The number of carbonyl (C=O) groups is 1. The van der Waals surface area contributed by atoms with Crippen LogP contribution in [0.5, 0.6) is 11.5 Å². The molecule has 5 nitrogen and oxygen atoms in total. The highest BCUT2D eigenvalue weighted by atomic mass is 19.1. The molecule has 0 fully saturated rings. The largest absolute Gasteiger partial charge is 0.493 e. The van der Waals surface area contributed by atoms with Gasteiger partial charge in [-0.25, -0.2) is 4.39 Å². The summed E-state index contributed by atoms with van der Waals surface area (Å²) in [6.07, 6.45) is 1.86. The number of fused-ring (bicyclic) bond motifs is 1. The van der Waals surface area contributed by atoms with E-state index in [9.17, 15) is 9.18 Å². The molecule has 2 atom stereocenters. The molecule has 29 heavy (non-hydrogen) atoms. The third-order valence-electron chi connectivity index (χ3n) is 5.29. The molecule has 1 aliphatic heterocycles. The first kappa shape index (κ1) is 21.3. The Hall–Kier alpha value is -2.44. The Kier molecular flexibility index (Phi) is 7.23. The lowest BCUT2D eigenvalue weighted by Crippen LogP contribution is -2.36. The number of halogens is 1. The third kappa shape index (κ3) is 5.14. The van der Waals surface area contributed by atoms with Gasteiger partial charge in [-0.15, -0.1) is 0 Å². The number of nitrogens with one attached hydrogen (secondary N) is 1. The van der Waals surface area contributed by atoms with E-state index >= 15 is 0 Å². The lowest BCUT2D eigenvalue weighted by molar-refractivity contribution is 0.0195. The molecule has 0 saturated carbocycles. The van der Waals surface area contributed by atoms with E-state index in [-0.39, 0.29) is 23.7 Å². The average Bonchev–Trinajstić information content (AvgIpc) is 2.75. The summed E-state index contributed by atoms with van der Waals surface area (Å²) in [5.41, 5.74) is 2.86. The van der Waals surface area contributed by atoms with Crippen molar-refractivity contribution >= 4 is 5.78 Å². The van der Waals surface area contributed by atoms with Crippen molar-refractivity contribution in [3.63, 3.8) is 0 Å². The van der Waals surface area contributed by atoms with E-state index in [1.165, 1.54) is 29.8 Å². The number of ketones is 1. The van der Waals surface area contributed by atoms with Crippen molar-refractivity contribution in [2.75, 3.05) is 27.4 Å². The molecule has 6 heteroatoms. The van der Waals surface area contributed by atoms with E-state index in [2.05, 4.69) is 12.2 Å². The van der Waals surface area contributed by atoms with Gasteiger partial charge in [0, 0.05) is 18.0 Å². The number of Topliss-reactive ketones (excluding diaryl/α,β-unsaturated/α-hetero) is 1. The monoisotopic (exact) mass is 401 g/mol. The van der Waals surface area contributed by atoms with E-state index in [1.807, 2.05) is 12.1 Å². The third-order valence-corrected chi connectivity index (χ3v) is 5.29. The SMILES string of the molecule is COc1cc2c(cc1OC)C(C(C)NCCCC(=O)c1ccc(F)cc1)OCC2. The van der Waals surface area contributed by atoms with Crippen LogP contribution >= 0.6 is 0 Å². The summed E-state index contributed by atoms with van der Waals surface area (Å²) in [6, 6.07) is 9.78. The molecule has 1 aliphatic rings. The van der Waals surface area contributed by atoms with Gasteiger partial charge in [0.2, 0.25) is 0 Å². The Balaban J connectivity index is 1.56. The van der Waals surface area contributed by atoms with Gasteiger partial charge < -0.3 is 19.5 Å². The van der Waals surface area contributed by atoms with Crippen LogP contribution in [0, 0.1) is 5.82 Å². The quantitative estimate of drug-likeness (QED) is 0.506. The summed E-state index contributed by atoms with van der Waals surface area (Å²) in [4.78, 5) is 12.2. The Bertz CT molecular complexity index is 838. The van der Waals surface area contributed by atoms with Crippen molar-refractivity contribution in [2.24, 2.45) is 0 Å².